The van der Waals surface area contributed by atoms with Crippen molar-refractivity contribution in [3.63, 3.8) is 0 Å². The largest absolute Gasteiger partial charge is 0.416 e. The van der Waals surface area contributed by atoms with Gasteiger partial charge in [0.1, 0.15) is 0 Å². The monoisotopic (exact) mass is 258 g/mol. The Morgan fingerprint density at radius 2 is 2.17 bits per heavy atom. The highest BCUT2D eigenvalue weighted by atomic mass is 19.4. The van der Waals surface area contributed by atoms with Crippen LogP contribution in [0, 0.1) is 0 Å². The predicted octanol–water partition coefficient (Wildman–Crippen LogP) is 2.55. The number of nitrogens with two attached hydrogens (primary N) is 1. The van der Waals surface area contributed by atoms with Crippen LogP contribution < -0.4 is 5.73 Å². The van der Waals surface area contributed by atoms with Gasteiger partial charge in [0.2, 0.25) is 0 Å². The SMILES string of the molecule is CC1(CN)CC(c2cccc(C(F)(F)F)c2)=NO1. The van der Waals surface area contributed by atoms with Gasteiger partial charge in [-0.3, -0.25) is 0 Å². The average Bonchev–Trinajstić information content (AvgIpc) is 2.72. The number of alkyl halides is 3. The van der Waals surface area contributed by atoms with Gasteiger partial charge < -0.3 is 10.6 Å². The first kappa shape index (κ1) is 12.9. The van der Waals surface area contributed by atoms with E-state index in [0.717, 1.165) is 12.1 Å². The van der Waals surface area contributed by atoms with E-state index in [4.69, 9.17) is 10.6 Å². The van der Waals surface area contributed by atoms with Crippen molar-refractivity contribution in [3.05, 3.63) is 35.4 Å². The zero-order valence-electron chi connectivity index (χ0n) is 9.79. The summed E-state index contributed by atoms with van der Waals surface area (Å²) in [4.78, 5) is 5.16. The third-order valence-corrected chi connectivity index (χ3v) is 2.87. The van der Waals surface area contributed by atoms with E-state index in [1.54, 1.807) is 13.0 Å². The molecule has 0 amide bonds. The summed E-state index contributed by atoms with van der Waals surface area (Å²) in [6.07, 6.45) is -3.95. The van der Waals surface area contributed by atoms with Gasteiger partial charge in [0.15, 0.2) is 5.60 Å². The van der Waals surface area contributed by atoms with E-state index >= 15 is 0 Å². The molecule has 0 radical (unpaired) electrons. The molecule has 1 atom stereocenters. The van der Waals surface area contributed by atoms with Crippen LogP contribution in [0.3, 0.4) is 0 Å². The van der Waals surface area contributed by atoms with Crippen LogP contribution in [0.4, 0.5) is 13.2 Å². The lowest BCUT2D eigenvalue weighted by atomic mass is 9.95. The van der Waals surface area contributed by atoms with Crippen molar-refractivity contribution in [2.45, 2.75) is 25.1 Å². The summed E-state index contributed by atoms with van der Waals surface area (Å²) in [6.45, 7) is 2.04. The number of hydrogen-bond acceptors (Lipinski definition) is 3. The van der Waals surface area contributed by atoms with Crippen molar-refractivity contribution in [3.8, 4) is 0 Å². The van der Waals surface area contributed by atoms with E-state index in [0.29, 0.717) is 17.7 Å². The fourth-order valence-electron chi connectivity index (χ4n) is 1.72. The van der Waals surface area contributed by atoms with Crippen molar-refractivity contribution in [1.29, 1.82) is 0 Å². The number of hydrogen-bond donors (Lipinski definition) is 1. The van der Waals surface area contributed by atoms with Gasteiger partial charge in [-0.15, -0.1) is 0 Å². The van der Waals surface area contributed by atoms with Crippen molar-refractivity contribution >= 4 is 5.71 Å². The molecule has 0 aliphatic carbocycles. The van der Waals surface area contributed by atoms with Gasteiger partial charge in [0.05, 0.1) is 11.3 Å². The highest BCUT2D eigenvalue weighted by Gasteiger charge is 2.35. The molecule has 1 unspecified atom stereocenters. The third kappa shape index (κ3) is 2.48. The van der Waals surface area contributed by atoms with Gasteiger partial charge in [-0.1, -0.05) is 17.3 Å². The molecule has 0 saturated heterocycles. The van der Waals surface area contributed by atoms with E-state index in [2.05, 4.69) is 5.16 Å². The first-order chi connectivity index (χ1) is 8.34. The minimum atomic E-state index is -4.35. The third-order valence-electron chi connectivity index (χ3n) is 2.87. The molecule has 1 heterocycles. The normalized spacial score (nSPS) is 23.7. The Morgan fingerprint density at radius 1 is 1.44 bits per heavy atom. The molecule has 0 fully saturated rings. The molecular formula is C12H13F3N2O. The van der Waals surface area contributed by atoms with E-state index < -0.39 is 17.3 Å². The molecule has 0 aromatic heterocycles. The molecule has 0 saturated carbocycles. The maximum Gasteiger partial charge on any atom is 0.416 e. The minimum absolute atomic E-state index is 0.263. The van der Waals surface area contributed by atoms with E-state index in [1.807, 2.05) is 0 Å². The minimum Gasteiger partial charge on any atom is -0.387 e. The highest BCUT2D eigenvalue weighted by molar-refractivity contribution is 6.01. The smallest absolute Gasteiger partial charge is 0.387 e. The Bertz CT molecular complexity index is 484. The predicted molar refractivity (Wildman–Crippen MR) is 61.1 cm³/mol. The van der Waals surface area contributed by atoms with Crippen LogP contribution in [-0.2, 0) is 11.0 Å². The van der Waals surface area contributed by atoms with Crippen molar-refractivity contribution in [2.24, 2.45) is 10.9 Å². The van der Waals surface area contributed by atoms with Crippen LogP contribution in [0.15, 0.2) is 29.4 Å². The lowest BCUT2D eigenvalue weighted by molar-refractivity contribution is -0.137. The van der Waals surface area contributed by atoms with Crippen LogP contribution in [0.25, 0.3) is 0 Å². The summed E-state index contributed by atoms with van der Waals surface area (Å²) < 4.78 is 37.7. The molecule has 1 aliphatic heterocycles. The Morgan fingerprint density at radius 3 is 2.72 bits per heavy atom. The van der Waals surface area contributed by atoms with Crippen LogP contribution in [0.2, 0.25) is 0 Å². The Kier molecular flexibility index (Phi) is 3.06. The molecule has 18 heavy (non-hydrogen) atoms. The zero-order chi connectivity index (χ0) is 13.4. The number of oxime groups is 1. The summed E-state index contributed by atoms with van der Waals surface area (Å²) in [5.74, 6) is 0. The first-order valence-electron chi connectivity index (χ1n) is 5.47. The van der Waals surface area contributed by atoms with Gasteiger partial charge >= 0.3 is 6.18 Å². The molecule has 1 aromatic carbocycles. The van der Waals surface area contributed by atoms with Gasteiger partial charge in [-0.25, -0.2) is 0 Å². The fourth-order valence-corrected chi connectivity index (χ4v) is 1.72. The summed E-state index contributed by atoms with van der Waals surface area (Å²) in [6, 6.07) is 5.05. The lowest BCUT2D eigenvalue weighted by Crippen LogP contribution is -2.34. The second-order valence-corrected chi connectivity index (χ2v) is 4.54. The van der Waals surface area contributed by atoms with Crippen LogP contribution in [-0.4, -0.2) is 17.9 Å². The molecule has 98 valence electrons. The van der Waals surface area contributed by atoms with Gasteiger partial charge in [-0.05, 0) is 19.1 Å². The number of halogens is 3. The molecule has 3 nitrogen and oxygen atoms in total. The lowest BCUT2D eigenvalue weighted by Gasteiger charge is -2.18. The maximum absolute atomic E-state index is 12.6. The Labute approximate surface area is 102 Å². The molecular weight excluding hydrogens is 245 g/mol. The van der Waals surface area contributed by atoms with E-state index in [-0.39, 0.29) is 6.54 Å². The number of rotatable bonds is 2. The Balaban J connectivity index is 2.26. The van der Waals surface area contributed by atoms with Crippen molar-refractivity contribution in [1.82, 2.24) is 0 Å². The fraction of sp³-hybridized carbons (Fsp3) is 0.417. The number of benzene rings is 1. The van der Waals surface area contributed by atoms with Crippen LogP contribution in [0.5, 0.6) is 0 Å². The maximum atomic E-state index is 12.6. The first-order valence-corrected chi connectivity index (χ1v) is 5.47. The second-order valence-electron chi connectivity index (χ2n) is 4.54. The molecule has 0 spiro atoms. The molecule has 6 heteroatoms. The number of nitrogens with zero attached hydrogens (tertiary/aromatic N) is 1. The van der Waals surface area contributed by atoms with E-state index in [1.165, 1.54) is 6.07 Å². The second kappa shape index (κ2) is 4.28. The molecule has 0 bridgehead atoms. The van der Waals surface area contributed by atoms with Gasteiger partial charge in [0, 0.05) is 18.5 Å². The zero-order valence-corrected chi connectivity index (χ0v) is 9.79. The summed E-state index contributed by atoms with van der Waals surface area (Å²) >= 11 is 0. The van der Waals surface area contributed by atoms with Crippen molar-refractivity contribution < 1.29 is 18.0 Å². The van der Waals surface area contributed by atoms with Gasteiger partial charge in [-0.2, -0.15) is 13.2 Å². The quantitative estimate of drug-likeness (QED) is 0.886. The topological polar surface area (TPSA) is 47.6 Å². The van der Waals surface area contributed by atoms with Crippen LogP contribution in [0.1, 0.15) is 24.5 Å². The summed E-state index contributed by atoms with van der Waals surface area (Å²) in [5, 5.41) is 3.82. The van der Waals surface area contributed by atoms with Crippen molar-refractivity contribution in [2.75, 3.05) is 6.54 Å². The summed E-state index contributed by atoms with van der Waals surface area (Å²) in [7, 11) is 0. The molecule has 1 aliphatic rings. The summed E-state index contributed by atoms with van der Waals surface area (Å²) in [5.41, 5.74) is 5.13. The molecule has 1 aromatic rings. The van der Waals surface area contributed by atoms with E-state index in [9.17, 15) is 13.2 Å². The average molecular weight is 258 g/mol. The van der Waals surface area contributed by atoms with Crippen LogP contribution >= 0.6 is 0 Å². The highest BCUT2D eigenvalue weighted by Crippen LogP contribution is 2.31. The standard InChI is InChI=1S/C12H13F3N2O/c1-11(7-16)6-10(17-18-11)8-3-2-4-9(5-8)12(13,14)15/h2-5H,6-7,16H2,1H3. The Hall–Kier alpha value is -1.56. The molecule has 2 rings (SSSR count). The van der Waals surface area contributed by atoms with Gasteiger partial charge in [0.25, 0.3) is 0 Å². The molecule has 2 N–H and O–H groups in total.